The van der Waals surface area contributed by atoms with Crippen LogP contribution in [0.25, 0.3) is 0 Å². The van der Waals surface area contributed by atoms with Gasteiger partial charge in [0.25, 0.3) is 0 Å². The lowest BCUT2D eigenvalue weighted by atomic mass is 9.96. The van der Waals surface area contributed by atoms with Crippen molar-refractivity contribution in [2.75, 3.05) is 21.3 Å². The first-order valence-corrected chi connectivity index (χ1v) is 7.12. The number of hydrogen-bond acceptors (Lipinski definition) is 3. The summed E-state index contributed by atoms with van der Waals surface area (Å²) in [4.78, 5) is 0. The summed E-state index contributed by atoms with van der Waals surface area (Å²) in [6.45, 7) is 2.15. The van der Waals surface area contributed by atoms with Crippen molar-refractivity contribution in [1.82, 2.24) is 5.32 Å². The van der Waals surface area contributed by atoms with Crippen LogP contribution in [-0.2, 0) is 6.42 Å². The standard InChI is InChI=1S/C18H23NO2/c1-13-7-5-6-8-14(13)11-18(19-2)15-9-16(20-3)12-17(10-15)21-4/h5-10,12,18-19H,11H2,1-4H3. The van der Waals surface area contributed by atoms with Crippen LogP contribution in [0.4, 0.5) is 0 Å². The normalized spacial score (nSPS) is 12.0. The fourth-order valence-electron chi connectivity index (χ4n) is 2.48. The SMILES string of the molecule is CNC(Cc1ccccc1C)c1cc(OC)cc(OC)c1. The largest absolute Gasteiger partial charge is 0.497 e. The zero-order valence-electron chi connectivity index (χ0n) is 13.1. The Bertz CT molecular complexity index is 573. The molecule has 0 aliphatic rings. The summed E-state index contributed by atoms with van der Waals surface area (Å²) in [5.74, 6) is 1.63. The van der Waals surface area contributed by atoms with Crippen molar-refractivity contribution in [2.24, 2.45) is 0 Å². The minimum atomic E-state index is 0.218. The van der Waals surface area contributed by atoms with Gasteiger partial charge in [-0.2, -0.15) is 0 Å². The molecule has 0 fully saturated rings. The lowest BCUT2D eigenvalue weighted by Crippen LogP contribution is -2.19. The summed E-state index contributed by atoms with van der Waals surface area (Å²) in [7, 11) is 5.33. The smallest absolute Gasteiger partial charge is 0.122 e. The fraction of sp³-hybridized carbons (Fsp3) is 0.333. The van der Waals surface area contributed by atoms with Gasteiger partial charge in [0, 0.05) is 12.1 Å². The van der Waals surface area contributed by atoms with Crippen LogP contribution in [-0.4, -0.2) is 21.3 Å². The van der Waals surface area contributed by atoms with E-state index in [0.29, 0.717) is 0 Å². The van der Waals surface area contributed by atoms with E-state index in [4.69, 9.17) is 9.47 Å². The molecule has 2 rings (SSSR count). The fourth-order valence-corrected chi connectivity index (χ4v) is 2.48. The summed E-state index contributed by atoms with van der Waals surface area (Å²) in [6.07, 6.45) is 0.930. The summed E-state index contributed by atoms with van der Waals surface area (Å²) >= 11 is 0. The number of aryl methyl sites for hydroxylation is 1. The molecule has 0 aromatic heterocycles. The van der Waals surface area contributed by atoms with Gasteiger partial charge in [-0.25, -0.2) is 0 Å². The molecule has 112 valence electrons. The first kappa shape index (κ1) is 15.4. The summed E-state index contributed by atoms with van der Waals surface area (Å²) in [5, 5.41) is 3.39. The first-order valence-electron chi connectivity index (χ1n) is 7.12. The van der Waals surface area contributed by atoms with Crippen LogP contribution in [0.3, 0.4) is 0 Å². The molecule has 21 heavy (non-hydrogen) atoms. The van der Waals surface area contributed by atoms with E-state index in [-0.39, 0.29) is 6.04 Å². The van der Waals surface area contributed by atoms with Gasteiger partial charge in [-0.1, -0.05) is 24.3 Å². The highest BCUT2D eigenvalue weighted by atomic mass is 16.5. The van der Waals surface area contributed by atoms with E-state index >= 15 is 0 Å². The predicted molar refractivity (Wildman–Crippen MR) is 86.2 cm³/mol. The van der Waals surface area contributed by atoms with Crippen LogP contribution in [0, 0.1) is 6.92 Å². The molecule has 0 saturated carbocycles. The molecule has 2 aromatic carbocycles. The van der Waals surface area contributed by atoms with Gasteiger partial charge >= 0.3 is 0 Å². The number of ether oxygens (including phenoxy) is 2. The number of likely N-dealkylation sites (N-methyl/N-ethyl adjacent to an activating group) is 1. The van der Waals surface area contributed by atoms with Gasteiger partial charge in [-0.05, 0) is 49.2 Å². The van der Waals surface area contributed by atoms with E-state index in [1.54, 1.807) is 14.2 Å². The Labute approximate surface area is 126 Å². The third-order valence-corrected chi connectivity index (χ3v) is 3.81. The van der Waals surface area contributed by atoms with E-state index in [1.165, 1.54) is 11.1 Å². The highest BCUT2D eigenvalue weighted by Crippen LogP contribution is 2.28. The second-order valence-electron chi connectivity index (χ2n) is 5.12. The summed E-state index contributed by atoms with van der Waals surface area (Å²) in [5.41, 5.74) is 3.82. The van der Waals surface area contributed by atoms with Crippen LogP contribution < -0.4 is 14.8 Å². The second-order valence-corrected chi connectivity index (χ2v) is 5.12. The van der Waals surface area contributed by atoms with Crippen LogP contribution in [0.15, 0.2) is 42.5 Å². The summed E-state index contributed by atoms with van der Waals surface area (Å²) in [6, 6.07) is 14.7. The minimum Gasteiger partial charge on any atom is -0.497 e. The molecule has 1 unspecified atom stereocenters. The number of hydrogen-bond donors (Lipinski definition) is 1. The van der Waals surface area contributed by atoms with Gasteiger partial charge < -0.3 is 14.8 Å². The highest BCUT2D eigenvalue weighted by Gasteiger charge is 2.14. The molecule has 0 bridgehead atoms. The predicted octanol–water partition coefficient (Wildman–Crippen LogP) is 3.52. The Balaban J connectivity index is 2.31. The lowest BCUT2D eigenvalue weighted by Gasteiger charge is -2.19. The molecular formula is C18H23NO2. The molecule has 0 heterocycles. The zero-order chi connectivity index (χ0) is 15.2. The number of methoxy groups -OCH3 is 2. The van der Waals surface area contributed by atoms with Gasteiger partial charge in [0.15, 0.2) is 0 Å². The van der Waals surface area contributed by atoms with Crippen molar-refractivity contribution in [3.63, 3.8) is 0 Å². The summed E-state index contributed by atoms with van der Waals surface area (Å²) < 4.78 is 10.7. The van der Waals surface area contributed by atoms with Crippen molar-refractivity contribution in [3.05, 3.63) is 59.2 Å². The Morgan fingerprint density at radius 2 is 1.62 bits per heavy atom. The number of benzene rings is 2. The maximum atomic E-state index is 5.36. The van der Waals surface area contributed by atoms with E-state index in [9.17, 15) is 0 Å². The van der Waals surface area contributed by atoms with Gasteiger partial charge in [-0.3, -0.25) is 0 Å². The maximum Gasteiger partial charge on any atom is 0.122 e. The molecule has 0 amide bonds. The zero-order valence-corrected chi connectivity index (χ0v) is 13.1. The van der Waals surface area contributed by atoms with Gasteiger partial charge in [0.05, 0.1) is 14.2 Å². The van der Waals surface area contributed by atoms with Crippen LogP contribution in [0.5, 0.6) is 11.5 Å². The van der Waals surface area contributed by atoms with Crippen molar-refractivity contribution in [1.29, 1.82) is 0 Å². The second kappa shape index (κ2) is 7.14. The van der Waals surface area contributed by atoms with Gasteiger partial charge in [0.2, 0.25) is 0 Å². The Morgan fingerprint density at radius 3 is 2.14 bits per heavy atom. The topological polar surface area (TPSA) is 30.5 Å². The minimum absolute atomic E-state index is 0.218. The van der Waals surface area contributed by atoms with Crippen molar-refractivity contribution in [2.45, 2.75) is 19.4 Å². The van der Waals surface area contributed by atoms with Gasteiger partial charge in [-0.15, -0.1) is 0 Å². The lowest BCUT2D eigenvalue weighted by molar-refractivity contribution is 0.392. The molecule has 0 aliphatic carbocycles. The Morgan fingerprint density at radius 1 is 1.00 bits per heavy atom. The van der Waals surface area contributed by atoms with Crippen LogP contribution >= 0.6 is 0 Å². The Hall–Kier alpha value is -2.00. The maximum absolute atomic E-state index is 5.36. The van der Waals surface area contributed by atoms with E-state index in [2.05, 4.69) is 48.6 Å². The van der Waals surface area contributed by atoms with E-state index in [0.717, 1.165) is 23.5 Å². The molecule has 0 saturated heterocycles. The first-order chi connectivity index (χ1) is 10.2. The molecule has 3 nitrogen and oxygen atoms in total. The quantitative estimate of drug-likeness (QED) is 0.881. The van der Waals surface area contributed by atoms with Gasteiger partial charge in [0.1, 0.15) is 11.5 Å². The molecule has 2 aromatic rings. The van der Waals surface area contributed by atoms with E-state index < -0.39 is 0 Å². The molecule has 0 radical (unpaired) electrons. The third kappa shape index (κ3) is 3.76. The van der Waals surface area contributed by atoms with Crippen LogP contribution in [0.2, 0.25) is 0 Å². The number of nitrogens with one attached hydrogen (secondary N) is 1. The monoisotopic (exact) mass is 285 g/mol. The average Bonchev–Trinajstić information content (AvgIpc) is 2.53. The van der Waals surface area contributed by atoms with Crippen molar-refractivity contribution in [3.8, 4) is 11.5 Å². The van der Waals surface area contributed by atoms with E-state index in [1.807, 2.05) is 13.1 Å². The molecule has 3 heteroatoms. The molecular weight excluding hydrogens is 262 g/mol. The van der Waals surface area contributed by atoms with Crippen molar-refractivity contribution >= 4 is 0 Å². The molecule has 0 spiro atoms. The molecule has 1 N–H and O–H groups in total. The van der Waals surface area contributed by atoms with Crippen molar-refractivity contribution < 1.29 is 9.47 Å². The van der Waals surface area contributed by atoms with Crippen LogP contribution in [0.1, 0.15) is 22.7 Å². The molecule has 0 aliphatic heterocycles. The average molecular weight is 285 g/mol. The molecule has 1 atom stereocenters. The third-order valence-electron chi connectivity index (χ3n) is 3.81. The highest BCUT2D eigenvalue weighted by molar-refractivity contribution is 5.40. The Kier molecular flexibility index (Phi) is 5.23. The number of rotatable bonds is 6.